The van der Waals surface area contributed by atoms with Crippen molar-refractivity contribution in [2.24, 2.45) is 0 Å². The molecule has 1 aromatic rings. The average Bonchev–Trinajstić information content (AvgIpc) is 3.46. The number of piperidine rings is 1. The number of methoxy groups -OCH3 is 1. The van der Waals surface area contributed by atoms with E-state index in [1.165, 1.54) is 13.2 Å². The molecule has 0 radical (unpaired) electrons. The molecule has 3 rings (SSSR count). The number of sulfonamides is 1. The molecule has 2 fully saturated rings. The van der Waals surface area contributed by atoms with Crippen LogP contribution in [0.15, 0.2) is 23.1 Å². The minimum atomic E-state index is -3.70. The SMILES string of the molecule is CCCN1CCC(NC(=O)c2ccc(OC)c(S(=O)(=O)NC3CC3)c2)CC1. The van der Waals surface area contributed by atoms with Crippen LogP contribution >= 0.6 is 0 Å². The monoisotopic (exact) mass is 395 g/mol. The largest absolute Gasteiger partial charge is 0.495 e. The van der Waals surface area contributed by atoms with Crippen molar-refractivity contribution < 1.29 is 17.9 Å². The summed E-state index contributed by atoms with van der Waals surface area (Å²) in [5.41, 5.74) is 0.336. The molecule has 1 aliphatic heterocycles. The lowest BCUT2D eigenvalue weighted by Crippen LogP contribution is -2.44. The molecule has 7 nitrogen and oxygen atoms in total. The Morgan fingerprint density at radius 2 is 1.89 bits per heavy atom. The lowest BCUT2D eigenvalue weighted by atomic mass is 10.0. The van der Waals surface area contributed by atoms with Crippen molar-refractivity contribution in [2.75, 3.05) is 26.7 Å². The smallest absolute Gasteiger partial charge is 0.251 e. The van der Waals surface area contributed by atoms with E-state index in [0.717, 1.165) is 51.7 Å². The van der Waals surface area contributed by atoms with Gasteiger partial charge in [-0.2, -0.15) is 0 Å². The predicted octanol–water partition coefficient (Wildman–Crippen LogP) is 1.74. The first kappa shape index (κ1) is 20.1. The van der Waals surface area contributed by atoms with Crippen LogP contribution in [0.2, 0.25) is 0 Å². The molecule has 2 aliphatic rings. The Morgan fingerprint density at radius 1 is 1.19 bits per heavy atom. The molecule has 0 atom stereocenters. The Bertz CT molecular complexity index is 769. The predicted molar refractivity (Wildman–Crippen MR) is 104 cm³/mol. The van der Waals surface area contributed by atoms with Gasteiger partial charge < -0.3 is 15.0 Å². The first-order valence-electron chi connectivity index (χ1n) is 9.66. The van der Waals surface area contributed by atoms with Crippen LogP contribution < -0.4 is 14.8 Å². The van der Waals surface area contributed by atoms with Gasteiger partial charge >= 0.3 is 0 Å². The van der Waals surface area contributed by atoms with E-state index in [9.17, 15) is 13.2 Å². The number of ether oxygens (including phenoxy) is 1. The van der Waals surface area contributed by atoms with Gasteiger partial charge in [-0.15, -0.1) is 0 Å². The lowest BCUT2D eigenvalue weighted by molar-refractivity contribution is 0.0911. The molecule has 1 saturated carbocycles. The van der Waals surface area contributed by atoms with Gasteiger partial charge in [-0.05, 0) is 56.8 Å². The van der Waals surface area contributed by atoms with E-state index >= 15 is 0 Å². The van der Waals surface area contributed by atoms with Gasteiger partial charge in [-0.3, -0.25) is 4.79 Å². The molecule has 8 heteroatoms. The van der Waals surface area contributed by atoms with Gasteiger partial charge in [0.15, 0.2) is 0 Å². The summed E-state index contributed by atoms with van der Waals surface area (Å²) in [6, 6.07) is 4.67. The van der Waals surface area contributed by atoms with Crippen LogP contribution in [0.1, 0.15) is 49.4 Å². The first-order valence-corrected chi connectivity index (χ1v) is 11.1. The Kier molecular flexibility index (Phi) is 6.39. The standard InChI is InChI=1S/C19H29N3O4S/c1-3-10-22-11-8-15(9-12-22)20-19(23)14-4-7-17(26-2)18(13-14)27(24,25)21-16-5-6-16/h4,7,13,15-16,21H,3,5-6,8-12H2,1-2H3,(H,20,23). The van der Waals surface area contributed by atoms with Crippen molar-refractivity contribution in [3.63, 3.8) is 0 Å². The fraction of sp³-hybridized carbons (Fsp3) is 0.632. The number of carbonyl (C=O) groups excluding carboxylic acids is 1. The summed E-state index contributed by atoms with van der Waals surface area (Å²) in [4.78, 5) is 15.1. The van der Waals surface area contributed by atoms with Crippen LogP contribution in [0.4, 0.5) is 0 Å². The zero-order chi connectivity index (χ0) is 19.4. The molecule has 0 bridgehead atoms. The van der Waals surface area contributed by atoms with Gasteiger partial charge in [0.1, 0.15) is 10.6 Å². The number of nitrogens with zero attached hydrogens (tertiary/aromatic N) is 1. The number of benzene rings is 1. The van der Waals surface area contributed by atoms with E-state index in [1.807, 2.05) is 0 Å². The van der Waals surface area contributed by atoms with Crippen LogP contribution in [0, 0.1) is 0 Å². The van der Waals surface area contributed by atoms with E-state index in [4.69, 9.17) is 4.74 Å². The quantitative estimate of drug-likeness (QED) is 0.700. The van der Waals surface area contributed by atoms with Crippen molar-refractivity contribution in [1.82, 2.24) is 14.9 Å². The van der Waals surface area contributed by atoms with Crippen molar-refractivity contribution in [1.29, 1.82) is 0 Å². The molecule has 1 heterocycles. The molecule has 0 aromatic heterocycles. The number of rotatable bonds is 8. The van der Waals surface area contributed by atoms with E-state index in [2.05, 4.69) is 21.9 Å². The molecular weight excluding hydrogens is 366 g/mol. The highest BCUT2D eigenvalue weighted by Crippen LogP contribution is 2.28. The molecular formula is C19H29N3O4S. The van der Waals surface area contributed by atoms with Crippen LogP contribution in [0.5, 0.6) is 5.75 Å². The Labute approximate surface area is 161 Å². The number of hydrogen-bond donors (Lipinski definition) is 2. The van der Waals surface area contributed by atoms with Crippen molar-refractivity contribution >= 4 is 15.9 Å². The maximum atomic E-state index is 12.7. The number of hydrogen-bond acceptors (Lipinski definition) is 5. The summed E-state index contributed by atoms with van der Waals surface area (Å²) in [5, 5.41) is 3.05. The number of amides is 1. The third-order valence-electron chi connectivity index (χ3n) is 5.08. The van der Waals surface area contributed by atoms with Gasteiger partial charge in [-0.1, -0.05) is 6.92 Å². The molecule has 1 saturated heterocycles. The first-order chi connectivity index (χ1) is 12.9. The van der Waals surface area contributed by atoms with Gasteiger partial charge in [0.05, 0.1) is 7.11 Å². The van der Waals surface area contributed by atoms with Crippen LogP contribution in [-0.4, -0.2) is 58.1 Å². The highest BCUT2D eigenvalue weighted by molar-refractivity contribution is 7.89. The Morgan fingerprint density at radius 3 is 2.48 bits per heavy atom. The normalized spacial score (nSPS) is 19.0. The zero-order valence-corrected chi connectivity index (χ0v) is 16.8. The van der Waals surface area contributed by atoms with Crippen LogP contribution in [0.3, 0.4) is 0 Å². The average molecular weight is 396 g/mol. The number of carbonyl (C=O) groups is 1. The summed E-state index contributed by atoms with van der Waals surface area (Å²) in [6.45, 7) is 5.22. The van der Waals surface area contributed by atoms with Gasteiger partial charge in [0.2, 0.25) is 10.0 Å². The number of nitrogens with one attached hydrogen (secondary N) is 2. The second kappa shape index (κ2) is 8.58. The zero-order valence-electron chi connectivity index (χ0n) is 16.0. The topological polar surface area (TPSA) is 87.7 Å². The minimum Gasteiger partial charge on any atom is -0.495 e. The second-order valence-electron chi connectivity index (χ2n) is 7.35. The summed E-state index contributed by atoms with van der Waals surface area (Å²) in [7, 11) is -2.28. The molecule has 0 spiro atoms. The fourth-order valence-electron chi connectivity index (χ4n) is 3.40. The summed E-state index contributed by atoms with van der Waals surface area (Å²) < 4.78 is 33.0. The van der Waals surface area contributed by atoms with E-state index in [1.54, 1.807) is 12.1 Å². The summed E-state index contributed by atoms with van der Waals surface area (Å²) in [5.74, 6) is 0.00189. The Hall–Kier alpha value is -1.64. The summed E-state index contributed by atoms with van der Waals surface area (Å²) >= 11 is 0. The minimum absolute atomic E-state index is 0.00880. The highest BCUT2D eigenvalue weighted by Gasteiger charge is 2.30. The summed E-state index contributed by atoms with van der Waals surface area (Å²) in [6.07, 6.45) is 4.65. The highest BCUT2D eigenvalue weighted by atomic mass is 32.2. The van der Waals surface area contributed by atoms with Gasteiger partial charge in [-0.25, -0.2) is 13.1 Å². The van der Waals surface area contributed by atoms with E-state index in [-0.39, 0.29) is 28.6 Å². The molecule has 150 valence electrons. The molecule has 1 aliphatic carbocycles. The fourth-order valence-corrected chi connectivity index (χ4v) is 4.90. The lowest BCUT2D eigenvalue weighted by Gasteiger charge is -2.32. The maximum Gasteiger partial charge on any atom is 0.251 e. The third kappa shape index (κ3) is 5.21. The molecule has 1 amide bonds. The van der Waals surface area contributed by atoms with E-state index < -0.39 is 10.0 Å². The van der Waals surface area contributed by atoms with Gasteiger partial charge in [0, 0.05) is 30.7 Å². The third-order valence-corrected chi connectivity index (χ3v) is 6.62. The molecule has 2 N–H and O–H groups in total. The van der Waals surface area contributed by atoms with Crippen molar-refractivity contribution in [2.45, 2.75) is 56.0 Å². The van der Waals surface area contributed by atoms with Crippen molar-refractivity contribution in [3.05, 3.63) is 23.8 Å². The molecule has 0 unspecified atom stereocenters. The molecule has 27 heavy (non-hydrogen) atoms. The van der Waals surface area contributed by atoms with Crippen molar-refractivity contribution in [3.8, 4) is 5.75 Å². The van der Waals surface area contributed by atoms with Crippen LogP contribution in [-0.2, 0) is 10.0 Å². The van der Waals surface area contributed by atoms with Crippen LogP contribution in [0.25, 0.3) is 0 Å². The maximum absolute atomic E-state index is 12.7. The molecule has 1 aromatic carbocycles. The second-order valence-corrected chi connectivity index (χ2v) is 9.03. The Balaban J connectivity index is 1.69. The number of likely N-dealkylation sites (tertiary alicyclic amines) is 1. The van der Waals surface area contributed by atoms with Gasteiger partial charge in [0.25, 0.3) is 5.91 Å². The van der Waals surface area contributed by atoms with E-state index in [0.29, 0.717) is 5.56 Å².